The Morgan fingerprint density at radius 1 is 1.33 bits per heavy atom. The molecule has 1 fully saturated rings. The van der Waals surface area contributed by atoms with Crippen molar-refractivity contribution in [3.63, 3.8) is 0 Å². The fourth-order valence-electron chi connectivity index (χ4n) is 3.07. The molecule has 1 aliphatic carbocycles. The van der Waals surface area contributed by atoms with Gasteiger partial charge in [-0.05, 0) is 26.2 Å². The number of nitrogens with zero attached hydrogens (tertiary/aromatic N) is 3. The molecule has 0 aromatic carbocycles. The molecule has 2 unspecified atom stereocenters. The number of anilines is 2. The lowest BCUT2D eigenvalue weighted by atomic mass is 9.91. The van der Waals surface area contributed by atoms with E-state index in [9.17, 15) is 5.11 Å². The van der Waals surface area contributed by atoms with Gasteiger partial charge in [0.2, 0.25) is 0 Å². The molecule has 0 amide bonds. The minimum Gasteiger partial charge on any atom is -0.391 e. The van der Waals surface area contributed by atoms with Gasteiger partial charge in [0.15, 0.2) is 0 Å². The second kappa shape index (κ2) is 7.04. The molecule has 6 heteroatoms. The van der Waals surface area contributed by atoms with E-state index in [-0.39, 0.29) is 12.1 Å². The molecule has 4 N–H and O–H groups in total. The van der Waals surface area contributed by atoms with Crippen LogP contribution in [0.3, 0.4) is 0 Å². The summed E-state index contributed by atoms with van der Waals surface area (Å²) >= 11 is 0. The normalized spacial score (nSPS) is 22.1. The lowest BCUT2D eigenvalue weighted by Gasteiger charge is -2.36. The number of nitrogens with one attached hydrogen (secondary N) is 1. The summed E-state index contributed by atoms with van der Waals surface area (Å²) in [5.74, 6) is 7.91. The van der Waals surface area contributed by atoms with Gasteiger partial charge in [-0.2, -0.15) is 0 Å². The molecule has 21 heavy (non-hydrogen) atoms. The number of aromatic nitrogens is 2. The molecule has 1 heterocycles. The predicted molar refractivity (Wildman–Crippen MR) is 85.2 cm³/mol. The number of aliphatic hydroxyl groups excluding tert-OH is 1. The largest absolute Gasteiger partial charge is 0.391 e. The van der Waals surface area contributed by atoms with Crippen LogP contribution in [0.2, 0.25) is 0 Å². The lowest BCUT2D eigenvalue weighted by Crippen LogP contribution is -2.44. The van der Waals surface area contributed by atoms with E-state index in [1.165, 1.54) is 0 Å². The van der Waals surface area contributed by atoms with Gasteiger partial charge in [0.25, 0.3) is 0 Å². The number of hydrogen-bond donors (Lipinski definition) is 3. The van der Waals surface area contributed by atoms with Crippen LogP contribution < -0.4 is 16.2 Å². The summed E-state index contributed by atoms with van der Waals surface area (Å²) < 4.78 is 0. The summed E-state index contributed by atoms with van der Waals surface area (Å²) in [5, 5.41) is 10.3. The molecule has 0 bridgehead atoms. The van der Waals surface area contributed by atoms with Gasteiger partial charge in [-0.1, -0.05) is 19.8 Å². The van der Waals surface area contributed by atoms with Crippen LogP contribution >= 0.6 is 0 Å². The highest BCUT2D eigenvalue weighted by Crippen LogP contribution is 2.29. The average molecular weight is 293 g/mol. The molecular formula is C15H27N5O. The van der Waals surface area contributed by atoms with E-state index in [2.05, 4.69) is 27.2 Å². The minimum atomic E-state index is -0.290. The van der Waals surface area contributed by atoms with Crippen molar-refractivity contribution in [1.82, 2.24) is 9.97 Å². The number of aryl methyl sites for hydroxylation is 1. The first-order valence-corrected chi connectivity index (χ1v) is 7.83. The summed E-state index contributed by atoms with van der Waals surface area (Å²) in [6.45, 7) is 4.07. The van der Waals surface area contributed by atoms with Crippen LogP contribution in [-0.4, -0.2) is 34.3 Å². The van der Waals surface area contributed by atoms with Gasteiger partial charge in [0.1, 0.15) is 17.5 Å². The first kappa shape index (κ1) is 16.0. The van der Waals surface area contributed by atoms with Crippen molar-refractivity contribution >= 4 is 11.6 Å². The average Bonchev–Trinajstić information content (AvgIpc) is 2.49. The van der Waals surface area contributed by atoms with Gasteiger partial charge in [0.05, 0.1) is 12.1 Å². The van der Waals surface area contributed by atoms with Crippen molar-refractivity contribution < 1.29 is 5.11 Å². The lowest BCUT2D eigenvalue weighted by molar-refractivity contribution is 0.106. The third-order valence-electron chi connectivity index (χ3n) is 4.30. The zero-order valence-corrected chi connectivity index (χ0v) is 13.3. The fraction of sp³-hybridized carbons (Fsp3) is 0.733. The van der Waals surface area contributed by atoms with Crippen molar-refractivity contribution in [2.75, 3.05) is 17.4 Å². The molecule has 1 aliphatic rings. The highest BCUT2D eigenvalue weighted by molar-refractivity contribution is 5.58. The quantitative estimate of drug-likeness (QED) is 0.566. The minimum absolute atomic E-state index is 0.118. The molecule has 2 atom stereocenters. The third kappa shape index (κ3) is 3.44. The van der Waals surface area contributed by atoms with Crippen LogP contribution in [0.1, 0.15) is 50.4 Å². The smallest absolute Gasteiger partial charge is 0.148 e. The number of nitrogens with two attached hydrogens (primary N) is 1. The molecule has 1 aromatic heterocycles. The van der Waals surface area contributed by atoms with Crippen LogP contribution in [0.25, 0.3) is 0 Å². The highest BCUT2D eigenvalue weighted by Gasteiger charge is 2.29. The van der Waals surface area contributed by atoms with Crippen LogP contribution in [0.4, 0.5) is 11.6 Å². The zero-order valence-electron chi connectivity index (χ0n) is 13.3. The topological polar surface area (TPSA) is 87.3 Å². The summed E-state index contributed by atoms with van der Waals surface area (Å²) in [5.41, 5.74) is 3.59. The Morgan fingerprint density at radius 3 is 2.67 bits per heavy atom. The molecule has 0 radical (unpaired) electrons. The molecule has 1 saturated carbocycles. The maximum absolute atomic E-state index is 10.3. The van der Waals surface area contributed by atoms with Gasteiger partial charge >= 0.3 is 0 Å². The fourth-order valence-corrected chi connectivity index (χ4v) is 3.07. The summed E-state index contributed by atoms with van der Waals surface area (Å²) in [4.78, 5) is 11.2. The summed E-state index contributed by atoms with van der Waals surface area (Å²) in [6, 6.07) is 0.118. The van der Waals surface area contributed by atoms with Crippen molar-refractivity contribution in [3.8, 4) is 0 Å². The first-order valence-electron chi connectivity index (χ1n) is 7.83. The van der Waals surface area contributed by atoms with Crippen molar-refractivity contribution in [2.45, 2.75) is 64.5 Å². The second-order valence-electron chi connectivity index (χ2n) is 5.86. The van der Waals surface area contributed by atoms with E-state index in [0.29, 0.717) is 5.82 Å². The predicted octanol–water partition coefficient (Wildman–Crippen LogP) is 1.76. The number of hydrazine groups is 1. The Kier molecular flexibility index (Phi) is 5.36. The summed E-state index contributed by atoms with van der Waals surface area (Å²) in [7, 11) is 2.00. The Bertz CT molecular complexity index is 479. The summed E-state index contributed by atoms with van der Waals surface area (Å²) in [6.07, 6.45) is 5.64. The van der Waals surface area contributed by atoms with Crippen LogP contribution in [0.5, 0.6) is 0 Å². The Labute approximate surface area is 126 Å². The van der Waals surface area contributed by atoms with Crippen molar-refractivity contribution in [3.05, 3.63) is 11.4 Å². The van der Waals surface area contributed by atoms with E-state index in [4.69, 9.17) is 5.84 Å². The van der Waals surface area contributed by atoms with Gasteiger partial charge in [-0.25, -0.2) is 15.8 Å². The Balaban J connectivity index is 2.33. The Morgan fingerprint density at radius 2 is 2.05 bits per heavy atom. The molecule has 1 aromatic rings. The third-order valence-corrected chi connectivity index (χ3v) is 4.30. The maximum atomic E-state index is 10.3. The number of rotatable bonds is 5. The standard InChI is InChI=1S/C15H27N5O/c1-4-7-13-17-14(19-16)10(2)15(18-13)20(3)11-8-5-6-9-12(11)21/h11-12,21H,4-9,16H2,1-3H3,(H,17,18,19). The molecular weight excluding hydrogens is 266 g/mol. The monoisotopic (exact) mass is 293 g/mol. The first-order chi connectivity index (χ1) is 10.1. The maximum Gasteiger partial charge on any atom is 0.148 e. The molecule has 0 spiro atoms. The zero-order chi connectivity index (χ0) is 15.4. The second-order valence-corrected chi connectivity index (χ2v) is 5.86. The Hall–Kier alpha value is -1.40. The van der Waals surface area contributed by atoms with Gasteiger partial charge in [-0.15, -0.1) is 0 Å². The highest BCUT2D eigenvalue weighted by atomic mass is 16.3. The molecule has 0 saturated heterocycles. The van der Waals surface area contributed by atoms with E-state index in [1.807, 2.05) is 14.0 Å². The van der Waals surface area contributed by atoms with E-state index in [0.717, 1.165) is 55.7 Å². The molecule has 2 rings (SSSR count). The number of hydrogen-bond acceptors (Lipinski definition) is 6. The number of aliphatic hydroxyl groups is 1. The van der Waals surface area contributed by atoms with Crippen LogP contribution in [0.15, 0.2) is 0 Å². The number of likely N-dealkylation sites (N-methyl/N-ethyl adjacent to an activating group) is 1. The SMILES string of the molecule is CCCc1nc(NN)c(C)c(N(C)C2CCCCC2O)n1. The van der Waals surface area contributed by atoms with Gasteiger partial charge in [-0.3, -0.25) is 0 Å². The van der Waals surface area contributed by atoms with Crippen LogP contribution in [0, 0.1) is 6.92 Å². The van der Waals surface area contributed by atoms with Crippen LogP contribution in [-0.2, 0) is 6.42 Å². The number of nitrogen functional groups attached to an aromatic ring is 1. The molecule has 0 aliphatic heterocycles. The van der Waals surface area contributed by atoms with Gasteiger partial charge < -0.3 is 15.4 Å². The van der Waals surface area contributed by atoms with Gasteiger partial charge in [0, 0.05) is 19.0 Å². The van der Waals surface area contributed by atoms with Crippen molar-refractivity contribution in [1.29, 1.82) is 0 Å². The van der Waals surface area contributed by atoms with E-state index >= 15 is 0 Å². The van der Waals surface area contributed by atoms with E-state index < -0.39 is 0 Å². The molecule has 118 valence electrons. The molecule has 6 nitrogen and oxygen atoms in total. The van der Waals surface area contributed by atoms with Crippen molar-refractivity contribution in [2.24, 2.45) is 5.84 Å². The van der Waals surface area contributed by atoms with E-state index in [1.54, 1.807) is 0 Å².